The van der Waals surface area contributed by atoms with Crippen molar-refractivity contribution in [3.63, 3.8) is 0 Å². The van der Waals surface area contributed by atoms with E-state index in [4.69, 9.17) is 0 Å². The fraction of sp³-hybridized carbons (Fsp3) is 0. The Morgan fingerprint density at radius 2 is 0.906 bits per heavy atom. The number of benzene rings is 8. The molecule has 10 aromatic rings. The van der Waals surface area contributed by atoms with Crippen molar-refractivity contribution in [3.05, 3.63) is 176 Å². The topological polar surface area (TPSA) is 9.86 Å². The molecule has 10 rings (SSSR count). The quantitative estimate of drug-likeness (QED) is 0.166. The first-order valence-electron chi connectivity index (χ1n) is 18.5. The van der Waals surface area contributed by atoms with Crippen molar-refractivity contribution in [2.24, 2.45) is 0 Å². The van der Waals surface area contributed by atoms with Crippen molar-refractivity contribution < 1.29 is 0 Å². The predicted octanol–water partition coefficient (Wildman–Crippen LogP) is 7.66. The fourth-order valence-electron chi connectivity index (χ4n) is 8.82. The Morgan fingerprint density at radius 1 is 0.340 bits per heavy atom. The predicted molar refractivity (Wildman–Crippen MR) is 236 cm³/mol. The zero-order valence-electron chi connectivity index (χ0n) is 30.1. The van der Waals surface area contributed by atoms with Crippen LogP contribution in [-0.4, -0.2) is 32.7 Å². The van der Waals surface area contributed by atoms with Gasteiger partial charge in [-0.3, -0.25) is 0 Å². The van der Waals surface area contributed by atoms with Crippen molar-refractivity contribution >= 4 is 83.5 Å². The summed E-state index contributed by atoms with van der Waals surface area (Å²) in [6, 6.07) is 64.0. The van der Waals surface area contributed by atoms with Gasteiger partial charge in [-0.2, -0.15) is 0 Å². The second-order valence-electron chi connectivity index (χ2n) is 14.2. The maximum atomic E-state index is 2.45. The van der Waals surface area contributed by atoms with E-state index in [1.165, 1.54) is 99.1 Å². The van der Waals surface area contributed by atoms with Crippen LogP contribution in [0.5, 0.6) is 0 Å². The minimum Gasteiger partial charge on any atom is -0.310 e. The van der Waals surface area contributed by atoms with Gasteiger partial charge in [-0.1, -0.05) is 144 Å². The van der Waals surface area contributed by atoms with Crippen LogP contribution >= 0.6 is 0 Å². The first-order chi connectivity index (χ1) is 26.1. The molecule has 0 radical (unpaired) electrons. The molecule has 2 aromatic heterocycles. The van der Waals surface area contributed by atoms with Crippen LogP contribution in [0.4, 0.5) is 0 Å². The van der Waals surface area contributed by atoms with E-state index >= 15 is 0 Å². The van der Waals surface area contributed by atoms with Crippen LogP contribution in [0.1, 0.15) is 0 Å². The molecule has 0 saturated heterocycles. The van der Waals surface area contributed by atoms with Gasteiger partial charge >= 0.3 is 0 Å². The Balaban J connectivity index is 1.25. The highest BCUT2D eigenvalue weighted by atomic mass is 15.0. The fourth-order valence-corrected chi connectivity index (χ4v) is 8.82. The molecule has 0 amide bonds. The molecule has 5 heteroatoms. The molecule has 0 aliphatic carbocycles. The summed E-state index contributed by atoms with van der Waals surface area (Å²) in [6.07, 6.45) is 0. The van der Waals surface area contributed by atoms with Crippen molar-refractivity contribution in [1.29, 1.82) is 0 Å². The lowest BCUT2D eigenvalue weighted by Crippen LogP contribution is -2.35. The van der Waals surface area contributed by atoms with Crippen LogP contribution in [0.2, 0.25) is 0 Å². The van der Waals surface area contributed by atoms with Crippen LogP contribution in [0.3, 0.4) is 0 Å². The first-order valence-corrected chi connectivity index (χ1v) is 18.5. The first kappa shape index (κ1) is 31.3. The van der Waals surface area contributed by atoms with Crippen LogP contribution < -0.4 is 16.4 Å². The lowest BCUT2D eigenvalue weighted by Gasteiger charge is -2.19. The molecule has 8 aromatic carbocycles. The van der Waals surface area contributed by atoms with Crippen LogP contribution in [0.25, 0.3) is 88.4 Å². The third kappa shape index (κ3) is 4.84. The number of hydrogen-bond donors (Lipinski definition) is 0. The lowest BCUT2D eigenvalue weighted by molar-refractivity contribution is 1.18. The number of nitrogens with zero attached hydrogens (tertiary/aromatic N) is 2. The van der Waals surface area contributed by atoms with E-state index in [2.05, 4.69) is 209 Å². The van der Waals surface area contributed by atoms with E-state index in [-0.39, 0.29) is 0 Å². The van der Waals surface area contributed by atoms with Gasteiger partial charge in [0, 0.05) is 38.4 Å². The SMILES string of the molecule is Bc1c(-c2ccc3c(c2)c2c(-c4ccccc4)cccc2n3-c2ccc(-c3ccccc3)cc2)c(B)c2c3ccccc3n(-c3ccccc3)c2c1B. The minimum absolute atomic E-state index is 1.15. The minimum atomic E-state index is 1.15. The van der Waals surface area contributed by atoms with Crippen molar-refractivity contribution in [2.45, 2.75) is 0 Å². The zero-order valence-corrected chi connectivity index (χ0v) is 30.1. The third-order valence-electron chi connectivity index (χ3n) is 11.3. The van der Waals surface area contributed by atoms with Gasteiger partial charge in [0.1, 0.15) is 23.5 Å². The third-order valence-corrected chi connectivity index (χ3v) is 11.3. The smallest absolute Gasteiger partial charge is 0.141 e. The molecule has 246 valence electrons. The molecule has 0 aliphatic heterocycles. The molecule has 0 bridgehead atoms. The summed E-state index contributed by atoms with van der Waals surface area (Å²) in [5.74, 6) is 0. The van der Waals surface area contributed by atoms with E-state index in [0.717, 1.165) is 5.69 Å². The maximum absolute atomic E-state index is 2.45. The Kier molecular flexibility index (Phi) is 7.30. The molecular weight excluding hydrogens is 637 g/mol. The molecule has 0 N–H and O–H groups in total. The van der Waals surface area contributed by atoms with Crippen LogP contribution in [0, 0.1) is 0 Å². The van der Waals surface area contributed by atoms with Gasteiger partial charge in [-0.15, -0.1) is 0 Å². The van der Waals surface area contributed by atoms with Gasteiger partial charge in [0.25, 0.3) is 0 Å². The summed E-state index contributed by atoms with van der Waals surface area (Å²) in [6.45, 7) is 0. The van der Waals surface area contributed by atoms with Gasteiger partial charge < -0.3 is 9.13 Å². The summed E-state index contributed by atoms with van der Waals surface area (Å²) < 4.78 is 4.90. The van der Waals surface area contributed by atoms with Gasteiger partial charge in [0.15, 0.2) is 0 Å². The summed E-state index contributed by atoms with van der Waals surface area (Å²) >= 11 is 0. The van der Waals surface area contributed by atoms with E-state index < -0.39 is 0 Å². The molecule has 2 heterocycles. The number of rotatable bonds is 5. The molecule has 2 nitrogen and oxygen atoms in total. The number of para-hydroxylation sites is 2. The molecule has 0 unspecified atom stereocenters. The molecular formula is C48H35B3N2. The summed E-state index contributed by atoms with van der Waals surface area (Å²) in [5, 5.41) is 5.15. The maximum Gasteiger partial charge on any atom is 0.141 e. The normalized spacial score (nSPS) is 11.6. The summed E-state index contributed by atoms with van der Waals surface area (Å²) in [5.41, 5.74) is 18.7. The van der Waals surface area contributed by atoms with Crippen LogP contribution in [0.15, 0.2) is 176 Å². The standard InChI is InChI=1S/C48H35B3N2/c49-45-42(46(50)47(51)48-44(45)37-19-10-11-21-39(37)53(48)34-17-8-3-9-18-34)33-25-28-40-38(29-33)43-36(32-15-6-2-7-16-32)20-12-22-41(43)52(40)35-26-23-31(24-27-35)30-13-4-1-5-14-30/h1-29H,49-51H2. The van der Waals surface area contributed by atoms with Crippen molar-refractivity contribution in [3.8, 4) is 44.8 Å². The van der Waals surface area contributed by atoms with E-state index in [1.54, 1.807) is 0 Å². The van der Waals surface area contributed by atoms with Crippen molar-refractivity contribution in [2.75, 3.05) is 0 Å². The van der Waals surface area contributed by atoms with Gasteiger partial charge in [-0.05, 0) is 81.9 Å². The lowest BCUT2D eigenvalue weighted by atomic mass is 9.69. The highest BCUT2D eigenvalue weighted by molar-refractivity contribution is 6.60. The van der Waals surface area contributed by atoms with E-state index in [1.807, 2.05) is 0 Å². The largest absolute Gasteiger partial charge is 0.310 e. The number of fused-ring (bicyclic) bond motifs is 6. The Hall–Kier alpha value is -6.45. The second-order valence-corrected chi connectivity index (χ2v) is 14.2. The molecule has 0 saturated carbocycles. The monoisotopic (exact) mass is 672 g/mol. The highest BCUT2D eigenvalue weighted by Gasteiger charge is 2.22. The Morgan fingerprint density at radius 3 is 1.64 bits per heavy atom. The number of hydrogen-bond acceptors (Lipinski definition) is 0. The molecule has 0 fully saturated rings. The Bertz CT molecular complexity index is 3000. The Labute approximate surface area is 312 Å². The van der Waals surface area contributed by atoms with Gasteiger partial charge in [-0.25, -0.2) is 0 Å². The average Bonchev–Trinajstić information content (AvgIpc) is 3.75. The zero-order chi connectivity index (χ0) is 35.6. The van der Waals surface area contributed by atoms with Gasteiger partial charge in [0.05, 0.1) is 16.6 Å². The van der Waals surface area contributed by atoms with E-state index in [0.29, 0.717) is 0 Å². The van der Waals surface area contributed by atoms with Crippen molar-refractivity contribution in [1.82, 2.24) is 9.13 Å². The molecule has 0 aliphatic rings. The molecule has 53 heavy (non-hydrogen) atoms. The molecule has 0 atom stereocenters. The molecule has 0 spiro atoms. The number of aromatic nitrogens is 2. The summed E-state index contributed by atoms with van der Waals surface area (Å²) in [7, 11) is 6.93. The summed E-state index contributed by atoms with van der Waals surface area (Å²) in [4.78, 5) is 0. The second kappa shape index (κ2) is 12.4. The average molecular weight is 672 g/mol. The van der Waals surface area contributed by atoms with Crippen LogP contribution in [-0.2, 0) is 0 Å². The van der Waals surface area contributed by atoms with Gasteiger partial charge in [0.2, 0.25) is 0 Å². The highest BCUT2D eigenvalue weighted by Crippen LogP contribution is 2.41. The van der Waals surface area contributed by atoms with E-state index in [9.17, 15) is 0 Å².